The molecule has 10 heavy (non-hydrogen) atoms. The zero-order valence-electron chi connectivity index (χ0n) is 7.31. The minimum absolute atomic E-state index is 0.219. The van der Waals surface area contributed by atoms with Crippen LogP contribution in [0.1, 0.15) is 33.6 Å². The lowest BCUT2D eigenvalue weighted by molar-refractivity contribution is 0.0519. The average Bonchev–Trinajstić information content (AvgIpc) is 1.89. The maximum atomic E-state index is 5.28. The summed E-state index contributed by atoms with van der Waals surface area (Å²) in [5, 5.41) is 3.26. The molecular weight excluding hydrogens is 126 g/mol. The molecule has 0 amide bonds. The van der Waals surface area contributed by atoms with E-state index in [9.17, 15) is 0 Å². The monoisotopic (exact) mass is 145 g/mol. The van der Waals surface area contributed by atoms with Crippen LogP contribution in [0.15, 0.2) is 0 Å². The van der Waals surface area contributed by atoms with Crippen molar-refractivity contribution >= 4 is 0 Å². The van der Waals surface area contributed by atoms with Crippen LogP contribution < -0.4 is 5.32 Å². The van der Waals surface area contributed by atoms with Gasteiger partial charge in [0.15, 0.2) is 0 Å². The Morgan fingerprint density at radius 3 is 2.60 bits per heavy atom. The quantitative estimate of drug-likeness (QED) is 0.454. The summed E-state index contributed by atoms with van der Waals surface area (Å²) in [6.45, 7) is 8.10. The molecule has 0 heterocycles. The van der Waals surface area contributed by atoms with Crippen molar-refractivity contribution in [2.24, 2.45) is 0 Å². The predicted octanol–water partition coefficient (Wildman–Crippen LogP) is 1.76. The Hall–Kier alpha value is -0.0800. The molecule has 0 rings (SSSR count). The number of nitrogens with one attached hydrogen (secondary N) is 1. The van der Waals surface area contributed by atoms with Gasteiger partial charge in [-0.25, -0.2) is 0 Å². The standard InChI is InChI=1S/C8H19NO/c1-4-6-7-9-8(3)10-5-2/h8-9H,4-7H2,1-3H3. The number of ether oxygens (including phenoxy) is 1. The fraction of sp³-hybridized carbons (Fsp3) is 1.00. The minimum atomic E-state index is 0.219. The fourth-order valence-corrected chi connectivity index (χ4v) is 0.791. The molecule has 0 saturated carbocycles. The zero-order valence-corrected chi connectivity index (χ0v) is 7.31. The lowest BCUT2D eigenvalue weighted by Crippen LogP contribution is -2.29. The van der Waals surface area contributed by atoms with Gasteiger partial charge in [-0.1, -0.05) is 13.3 Å². The van der Waals surface area contributed by atoms with Crippen molar-refractivity contribution in [2.75, 3.05) is 13.2 Å². The summed E-state index contributed by atoms with van der Waals surface area (Å²) in [6.07, 6.45) is 2.69. The second kappa shape index (κ2) is 7.03. The topological polar surface area (TPSA) is 21.3 Å². The first-order chi connectivity index (χ1) is 4.81. The third-order valence-corrected chi connectivity index (χ3v) is 1.38. The van der Waals surface area contributed by atoms with E-state index in [1.807, 2.05) is 13.8 Å². The predicted molar refractivity (Wildman–Crippen MR) is 44.0 cm³/mol. The molecule has 1 unspecified atom stereocenters. The molecule has 0 bridgehead atoms. The van der Waals surface area contributed by atoms with Crippen LogP contribution in [0, 0.1) is 0 Å². The molecule has 0 fully saturated rings. The highest BCUT2D eigenvalue weighted by molar-refractivity contribution is 4.47. The second-order valence-corrected chi connectivity index (χ2v) is 2.41. The van der Waals surface area contributed by atoms with Crippen LogP contribution >= 0.6 is 0 Å². The summed E-state index contributed by atoms with van der Waals surface area (Å²) in [4.78, 5) is 0. The Bertz CT molecular complexity index is 66.3. The molecule has 0 aromatic heterocycles. The molecule has 62 valence electrons. The molecule has 1 N–H and O–H groups in total. The minimum Gasteiger partial charge on any atom is -0.364 e. The smallest absolute Gasteiger partial charge is 0.105 e. The van der Waals surface area contributed by atoms with Gasteiger partial charge in [-0.05, 0) is 26.8 Å². The van der Waals surface area contributed by atoms with E-state index >= 15 is 0 Å². The zero-order chi connectivity index (χ0) is 7.82. The van der Waals surface area contributed by atoms with Gasteiger partial charge >= 0.3 is 0 Å². The fourth-order valence-electron chi connectivity index (χ4n) is 0.791. The Labute approximate surface area is 64.0 Å². The van der Waals surface area contributed by atoms with Crippen molar-refractivity contribution in [3.05, 3.63) is 0 Å². The number of unbranched alkanes of at least 4 members (excludes halogenated alkanes) is 1. The van der Waals surface area contributed by atoms with Crippen LogP contribution in [0.3, 0.4) is 0 Å². The highest BCUT2D eigenvalue weighted by Gasteiger charge is 1.95. The molecular formula is C8H19NO. The lowest BCUT2D eigenvalue weighted by atomic mass is 10.3. The molecule has 0 spiro atoms. The van der Waals surface area contributed by atoms with Crippen LogP contribution in [-0.4, -0.2) is 19.4 Å². The van der Waals surface area contributed by atoms with E-state index in [0.29, 0.717) is 0 Å². The summed E-state index contributed by atoms with van der Waals surface area (Å²) < 4.78 is 5.28. The first kappa shape index (κ1) is 9.92. The largest absolute Gasteiger partial charge is 0.364 e. The summed E-state index contributed by atoms with van der Waals surface area (Å²) in [5.41, 5.74) is 0. The summed E-state index contributed by atoms with van der Waals surface area (Å²) in [6, 6.07) is 0. The van der Waals surface area contributed by atoms with Crippen LogP contribution in [0.2, 0.25) is 0 Å². The normalized spacial score (nSPS) is 13.5. The van der Waals surface area contributed by atoms with Crippen molar-refractivity contribution in [1.82, 2.24) is 5.32 Å². The summed E-state index contributed by atoms with van der Waals surface area (Å²) in [7, 11) is 0. The highest BCUT2D eigenvalue weighted by atomic mass is 16.5. The van der Waals surface area contributed by atoms with Crippen molar-refractivity contribution in [1.29, 1.82) is 0 Å². The van der Waals surface area contributed by atoms with Gasteiger partial charge in [-0.15, -0.1) is 0 Å². The van der Waals surface area contributed by atoms with Gasteiger partial charge in [0.2, 0.25) is 0 Å². The number of rotatable bonds is 6. The molecule has 1 atom stereocenters. The van der Waals surface area contributed by atoms with Crippen LogP contribution in [0.25, 0.3) is 0 Å². The number of hydrogen-bond acceptors (Lipinski definition) is 2. The van der Waals surface area contributed by atoms with Crippen molar-refractivity contribution < 1.29 is 4.74 Å². The molecule has 0 saturated heterocycles. The Morgan fingerprint density at radius 2 is 2.10 bits per heavy atom. The van der Waals surface area contributed by atoms with Crippen LogP contribution in [-0.2, 0) is 4.74 Å². The van der Waals surface area contributed by atoms with Crippen molar-refractivity contribution in [2.45, 2.75) is 39.8 Å². The Morgan fingerprint density at radius 1 is 1.40 bits per heavy atom. The molecule has 2 heteroatoms. The molecule has 0 aliphatic carbocycles. The SMILES string of the molecule is CCCCNC(C)OCC. The second-order valence-electron chi connectivity index (χ2n) is 2.41. The van der Waals surface area contributed by atoms with E-state index < -0.39 is 0 Å². The van der Waals surface area contributed by atoms with Gasteiger partial charge < -0.3 is 4.74 Å². The van der Waals surface area contributed by atoms with E-state index in [2.05, 4.69) is 12.2 Å². The third kappa shape index (κ3) is 6.05. The van der Waals surface area contributed by atoms with Crippen molar-refractivity contribution in [3.63, 3.8) is 0 Å². The molecule has 0 aliphatic rings. The van der Waals surface area contributed by atoms with Gasteiger partial charge in [0.1, 0.15) is 6.23 Å². The third-order valence-electron chi connectivity index (χ3n) is 1.38. The van der Waals surface area contributed by atoms with E-state index in [4.69, 9.17) is 4.74 Å². The summed E-state index contributed by atoms with van der Waals surface area (Å²) in [5.74, 6) is 0. The van der Waals surface area contributed by atoms with Crippen LogP contribution in [0.5, 0.6) is 0 Å². The Kier molecular flexibility index (Phi) is 6.98. The molecule has 0 aromatic carbocycles. The lowest BCUT2D eigenvalue weighted by Gasteiger charge is -2.12. The van der Waals surface area contributed by atoms with Gasteiger partial charge in [-0.3, -0.25) is 5.32 Å². The maximum Gasteiger partial charge on any atom is 0.105 e. The molecule has 0 aromatic rings. The van der Waals surface area contributed by atoms with Gasteiger partial charge in [0.25, 0.3) is 0 Å². The first-order valence-electron chi connectivity index (χ1n) is 4.16. The van der Waals surface area contributed by atoms with Gasteiger partial charge in [0, 0.05) is 6.61 Å². The van der Waals surface area contributed by atoms with Crippen molar-refractivity contribution in [3.8, 4) is 0 Å². The average molecular weight is 145 g/mol. The first-order valence-corrected chi connectivity index (χ1v) is 4.16. The molecule has 2 nitrogen and oxygen atoms in total. The van der Waals surface area contributed by atoms with E-state index in [1.54, 1.807) is 0 Å². The molecule has 0 radical (unpaired) electrons. The molecule has 0 aliphatic heterocycles. The van der Waals surface area contributed by atoms with Gasteiger partial charge in [0.05, 0.1) is 0 Å². The summed E-state index contributed by atoms with van der Waals surface area (Å²) >= 11 is 0. The van der Waals surface area contributed by atoms with Crippen LogP contribution in [0.4, 0.5) is 0 Å². The van der Waals surface area contributed by atoms with E-state index in [1.165, 1.54) is 12.8 Å². The maximum absolute atomic E-state index is 5.28. The van der Waals surface area contributed by atoms with Gasteiger partial charge in [-0.2, -0.15) is 0 Å². The number of hydrogen-bond donors (Lipinski definition) is 1. The Balaban J connectivity index is 2.97. The van der Waals surface area contributed by atoms with E-state index in [-0.39, 0.29) is 6.23 Å². The highest BCUT2D eigenvalue weighted by Crippen LogP contribution is 1.87. The van der Waals surface area contributed by atoms with E-state index in [0.717, 1.165) is 13.2 Å².